The van der Waals surface area contributed by atoms with Crippen molar-refractivity contribution in [3.05, 3.63) is 64.5 Å². The summed E-state index contributed by atoms with van der Waals surface area (Å²) in [6, 6.07) is 9.23. The Bertz CT molecular complexity index is 788. The molecule has 0 spiro atoms. The minimum atomic E-state index is 0.489. The number of hydrogen-bond acceptors (Lipinski definition) is 3. The SMILES string of the molecule is COc1cc(Cn2cccn2)cnc1-c1ccc(Cl)c(Cl)c1. The first-order valence-corrected chi connectivity index (χ1v) is 7.38. The molecule has 3 rings (SSSR count). The van der Waals surface area contributed by atoms with E-state index in [1.165, 1.54) is 0 Å². The normalized spacial score (nSPS) is 10.7. The van der Waals surface area contributed by atoms with Crippen molar-refractivity contribution in [3.63, 3.8) is 0 Å². The fourth-order valence-electron chi connectivity index (χ4n) is 2.17. The van der Waals surface area contributed by atoms with Crippen molar-refractivity contribution >= 4 is 23.2 Å². The van der Waals surface area contributed by atoms with E-state index in [4.69, 9.17) is 27.9 Å². The van der Waals surface area contributed by atoms with E-state index in [0.717, 1.165) is 16.8 Å². The largest absolute Gasteiger partial charge is 0.494 e. The molecule has 112 valence electrons. The molecule has 0 bridgehead atoms. The van der Waals surface area contributed by atoms with Gasteiger partial charge in [-0.15, -0.1) is 0 Å². The molecule has 0 aliphatic heterocycles. The van der Waals surface area contributed by atoms with Gasteiger partial charge in [-0.05, 0) is 29.8 Å². The highest BCUT2D eigenvalue weighted by Crippen LogP contribution is 2.32. The number of benzene rings is 1. The number of ether oxygens (including phenoxy) is 1. The molecule has 0 aliphatic rings. The summed E-state index contributed by atoms with van der Waals surface area (Å²) >= 11 is 12.0. The van der Waals surface area contributed by atoms with Crippen molar-refractivity contribution in [1.82, 2.24) is 14.8 Å². The smallest absolute Gasteiger partial charge is 0.145 e. The minimum absolute atomic E-state index is 0.489. The summed E-state index contributed by atoms with van der Waals surface area (Å²) in [6.45, 7) is 0.637. The van der Waals surface area contributed by atoms with Crippen LogP contribution < -0.4 is 4.74 Å². The fraction of sp³-hybridized carbons (Fsp3) is 0.125. The van der Waals surface area contributed by atoms with Gasteiger partial charge in [0.25, 0.3) is 0 Å². The molecule has 6 heteroatoms. The Balaban J connectivity index is 1.96. The molecule has 0 fully saturated rings. The van der Waals surface area contributed by atoms with Crippen LogP contribution in [0.15, 0.2) is 48.9 Å². The molecule has 0 saturated heterocycles. The number of halogens is 2. The van der Waals surface area contributed by atoms with Gasteiger partial charge >= 0.3 is 0 Å². The van der Waals surface area contributed by atoms with Crippen LogP contribution in [0.3, 0.4) is 0 Å². The summed E-state index contributed by atoms with van der Waals surface area (Å²) in [4.78, 5) is 4.50. The summed E-state index contributed by atoms with van der Waals surface area (Å²) in [6.07, 6.45) is 5.45. The van der Waals surface area contributed by atoms with Crippen LogP contribution in [0.4, 0.5) is 0 Å². The molecule has 2 heterocycles. The topological polar surface area (TPSA) is 39.9 Å². The first kappa shape index (κ1) is 14.9. The summed E-state index contributed by atoms with van der Waals surface area (Å²) in [5.74, 6) is 0.683. The number of pyridine rings is 1. The van der Waals surface area contributed by atoms with Crippen LogP contribution in [0.2, 0.25) is 10.0 Å². The molecule has 4 nitrogen and oxygen atoms in total. The van der Waals surface area contributed by atoms with Crippen molar-refractivity contribution in [1.29, 1.82) is 0 Å². The van der Waals surface area contributed by atoms with E-state index in [9.17, 15) is 0 Å². The van der Waals surface area contributed by atoms with Gasteiger partial charge in [-0.1, -0.05) is 29.3 Å². The Morgan fingerprint density at radius 2 is 2.05 bits per heavy atom. The summed E-state index contributed by atoms with van der Waals surface area (Å²) < 4.78 is 7.29. The predicted molar refractivity (Wildman–Crippen MR) is 87.6 cm³/mol. The van der Waals surface area contributed by atoms with Crippen molar-refractivity contribution in [3.8, 4) is 17.0 Å². The van der Waals surface area contributed by atoms with E-state index in [1.54, 1.807) is 25.4 Å². The molecular formula is C16H13Cl2N3O. The van der Waals surface area contributed by atoms with Crippen LogP contribution in [0, 0.1) is 0 Å². The zero-order valence-electron chi connectivity index (χ0n) is 11.8. The number of nitrogens with zero attached hydrogens (tertiary/aromatic N) is 3. The third-order valence-corrected chi connectivity index (χ3v) is 3.97. The fourth-order valence-corrected chi connectivity index (χ4v) is 2.47. The van der Waals surface area contributed by atoms with Gasteiger partial charge in [0.05, 0.1) is 23.7 Å². The third kappa shape index (κ3) is 3.08. The molecule has 1 aromatic carbocycles. The van der Waals surface area contributed by atoms with Gasteiger partial charge in [0.1, 0.15) is 11.4 Å². The second-order valence-electron chi connectivity index (χ2n) is 4.73. The molecule has 0 aliphatic carbocycles. The van der Waals surface area contributed by atoms with Crippen LogP contribution in [-0.2, 0) is 6.54 Å². The number of rotatable bonds is 4. The van der Waals surface area contributed by atoms with Crippen molar-refractivity contribution in [2.75, 3.05) is 7.11 Å². The monoisotopic (exact) mass is 333 g/mol. The van der Waals surface area contributed by atoms with Crippen LogP contribution in [0.1, 0.15) is 5.56 Å². The Labute approximate surface area is 138 Å². The maximum absolute atomic E-state index is 6.07. The van der Waals surface area contributed by atoms with Crippen molar-refractivity contribution in [2.24, 2.45) is 0 Å². The average molecular weight is 334 g/mol. The molecule has 3 aromatic rings. The summed E-state index contributed by atoms with van der Waals surface area (Å²) in [7, 11) is 1.62. The highest BCUT2D eigenvalue weighted by atomic mass is 35.5. The lowest BCUT2D eigenvalue weighted by Crippen LogP contribution is -2.02. The van der Waals surface area contributed by atoms with E-state index in [1.807, 2.05) is 35.3 Å². The van der Waals surface area contributed by atoms with Gasteiger partial charge in [-0.2, -0.15) is 5.10 Å². The molecule has 2 aromatic heterocycles. The second kappa shape index (κ2) is 6.38. The molecule has 22 heavy (non-hydrogen) atoms. The van der Waals surface area contributed by atoms with E-state index in [0.29, 0.717) is 22.3 Å². The van der Waals surface area contributed by atoms with E-state index in [-0.39, 0.29) is 0 Å². The molecular weight excluding hydrogens is 321 g/mol. The molecule has 0 amide bonds. The Kier molecular flexibility index (Phi) is 4.32. The van der Waals surface area contributed by atoms with Gasteiger partial charge in [0, 0.05) is 24.2 Å². The van der Waals surface area contributed by atoms with Gasteiger partial charge < -0.3 is 4.74 Å². The standard InChI is InChI=1S/C16H13Cl2N3O/c1-22-15-7-11(10-21-6-2-5-20-21)9-19-16(15)12-3-4-13(17)14(18)8-12/h2-9H,10H2,1H3. The van der Waals surface area contributed by atoms with Crippen LogP contribution in [0.25, 0.3) is 11.3 Å². The molecule has 0 radical (unpaired) electrons. The zero-order chi connectivity index (χ0) is 15.5. The molecule has 0 unspecified atom stereocenters. The first-order valence-electron chi connectivity index (χ1n) is 6.63. The lowest BCUT2D eigenvalue weighted by molar-refractivity contribution is 0.414. The number of methoxy groups -OCH3 is 1. The van der Waals surface area contributed by atoms with Gasteiger partial charge in [0.15, 0.2) is 0 Å². The van der Waals surface area contributed by atoms with Crippen LogP contribution >= 0.6 is 23.2 Å². The van der Waals surface area contributed by atoms with Gasteiger partial charge in [-0.3, -0.25) is 9.67 Å². The summed E-state index contributed by atoms with van der Waals surface area (Å²) in [5, 5.41) is 5.19. The predicted octanol–water partition coefficient (Wildman–Crippen LogP) is 4.31. The van der Waals surface area contributed by atoms with Crippen molar-refractivity contribution in [2.45, 2.75) is 6.54 Å². The first-order chi connectivity index (χ1) is 10.7. The van der Waals surface area contributed by atoms with Crippen LogP contribution in [-0.4, -0.2) is 21.9 Å². The molecule has 0 saturated carbocycles. The highest BCUT2D eigenvalue weighted by Gasteiger charge is 2.11. The van der Waals surface area contributed by atoms with Crippen molar-refractivity contribution < 1.29 is 4.74 Å². The quantitative estimate of drug-likeness (QED) is 0.714. The Morgan fingerprint density at radius 1 is 1.18 bits per heavy atom. The third-order valence-electron chi connectivity index (χ3n) is 3.23. The minimum Gasteiger partial charge on any atom is -0.494 e. The maximum Gasteiger partial charge on any atom is 0.145 e. The molecule has 0 N–H and O–H groups in total. The van der Waals surface area contributed by atoms with Crippen LogP contribution in [0.5, 0.6) is 5.75 Å². The second-order valence-corrected chi connectivity index (χ2v) is 5.54. The highest BCUT2D eigenvalue weighted by molar-refractivity contribution is 6.42. The Hall–Kier alpha value is -2.04. The zero-order valence-corrected chi connectivity index (χ0v) is 13.3. The maximum atomic E-state index is 6.07. The van der Waals surface area contributed by atoms with Gasteiger partial charge in [-0.25, -0.2) is 0 Å². The summed E-state index contributed by atoms with van der Waals surface area (Å²) in [5.41, 5.74) is 2.59. The van der Waals surface area contributed by atoms with E-state index < -0.39 is 0 Å². The molecule has 0 atom stereocenters. The lowest BCUT2D eigenvalue weighted by Gasteiger charge is -2.11. The average Bonchev–Trinajstić information content (AvgIpc) is 3.03. The van der Waals surface area contributed by atoms with E-state index >= 15 is 0 Å². The Morgan fingerprint density at radius 3 is 2.73 bits per heavy atom. The number of hydrogen-bond donors (Lipinski definition) is 0. The lowest BCUT2D eigenvalue weighted by atomic mass is 10.1. The van der Waals surface area contributed by atoms with E-state index in [2.05, 4.69) is 10.1 Å². The van der Waals surface area contributed by atoms with Gasteiger partial charge in [0.2, 0.25) is 0 Å². The number of aromatic nitrogens is 3.